The molecule has 0 N–H and O–H groups in total. The standard InChI is InChI=1S/C22H20N2O2S/c1-4-23-21(25)20(27-22(23)26)13-17-12-14(2)24(15(17)3)19-11-7-9-16-8-5-6-10-18(16)19/h5-13H,4H2,1-3H3/b20-13+. The largest absolute Gasteiger partial charge is 0.317 e. The van der Waals surface area contributed by atoms with E-state index in [2.05, 4.69) is 47.9 Å². The fourth-order valence-corrected chi connectivity index (χ4v) is 4.52. The van der Waals surface area contributed by atoms with Crippen LogP contribution in [-0.4, -0.2) is 27.2 Å². The van der Waals surface area contributed by atoms with Gasteiger partial charge in [0.05, 0.1) is 10.6 Å². The predicted molar refractivity (Wildman–Crippen MR) is 111 cm³/mol. The fourth-order valence-electron chi connectivity index (χ4n) is 3.62. The number of carbonyl (C=O) groups excluding carboxylic acids is 2. The fraction of sp³-hybridized carbons (Fsp3) is 0.182. The predicted octanol–water partition coefficient (Wildman–Crippen LogP) is 5.30. The lowest BCUT2D eigenvalue weighted by atomic mass is 10.1. The normalized spacial score (nSPS) is 16.1. The number of benzene rings is 2. The SMILES string of the molecule is CCN1C(=O)S/C(=C/c2cc(C)n(-c3cccc4ccccc34)c2C)C1=O. The molecule has 2 aromatic carbocycles. The number of hydrogen-bond donors (Lipinski definition) is 0. The summed E-state index contributed by atoms with van der Waals surface area (Å²) in [7, 11) is 0. The van der Waals surface area contributed by atoms with E-state index in [1.807, 2.05) is 32.1 Å². The summed E-state index contributed by atoms with van der Waals surface area (Å²) >= 11 is 1.01. The van der Waals surface area contributed by atoms with Gasteiger partial charge in [0.1, 0.15) is 0 Å². The first-order valence-electron chi connectivity index (χ1n) is 8.93. The maximum Gasteiger partial charge on any atom is 0.293 e. The molecule has 0 bridgehead atoms. The Morgan fingerprint density at radius 1 is 1.04 bits per heavy atom. The maximum absolute atomic E-state index is 12.4. The van der Waals surface area contributed by atoms with Gasteiger partial charge in [0.25, 0.3) is 11.1 Å². The summed E-state index contributed by atoms with van der Waals surface area (Å²) in [4.78, 5) is 26.1. The monoisotopic (exact) mass is 376 g/mol. The van der Waals surface area contributed by atoms with E-state index in [0.29, 0.717) is 11.4 Å². The highest BCUT2D eigenvalue weighted by Crippen LogP contribution is 2.34. The second-order valence-corrected chi connectivity index (χ2v) is 7.58. The topological polar surface area (TPSA) is 42.3 Å². The van der Waals surface area contributed by atoms with Crippen LogP contribution in [0.1, 0.15) is 23.9 Å². The number of amides is 2. The third kappa shape index (κ3) is 2.88. The molecule has 2 heterocycles. The molecule has 0 spiro atoms. The number of aryl methyl sites for hydroxylation is 1. The Morgan fingerprint density at radius 2 is 1.78 bits per heavy atom. The van der Waals surface area contributed by atoms with Crippen molar-refractivity contribution in [2.45, 2.75) is 20.8 Å². The molecule has 0 atom stereocenters. The van der Waals surface area contributed by atoms with E-state index in [0.717, 1.165) is 34.4 Å². The lowest BCUT2D eigenvalue weighted by molar-refractivity contribution is -0.122. The van der Waals surface area contributed by atoms with Gasteiger partial charge in [-0.15, -0.1) is 0 Å². The van der Waals surface area contributed by atoms with E-state index in [4.69, 9.17) is 0 Å². The number of fused-ring (bicyclic) bond motifs is 1. The zero-order valence-corrected chi connectivity index (χ0v) is 16.3. The van der Waals surface area contributed by atoms with Crippen LogP contribution in [-0.2, 0) is 4.79 Å². The molecule has 1 aliphatic rings. The van der Waals surface area contributed by atoms with E-state index in [9.17, 15) is 9.59 Å². The van der Waals surface area contributed by atoms with Crippen molar-refractivity contribution in [3.8, 4) is 5.69 Å². The second-order valence-electron chi connectivity index (χ2n) is 6.59. The van der Waals surface area contributed by atoms with Crippen molar-refractivity contribution in [3.05, 3.63) is 70.4 Å². The summed E-state index contributed by atoms with van der Waals surface area (Å²) in [6.45, 7) is 6.32. The Kier molecular flexibility index (Phi) is 4.40. The van der Waals surface area contributed by atoms with Gasteiger partial charge in [-0.2, -0.15) is 0 Å². The highest BCUT2D eigenvalue weighted by molar-refractivity contribution is 8.18. The van der Waals surface area contributed by atoms with Crippen LogP contribution < -0.4 is 0 Å². The third-order valence-electron chi connectivity index (χ3n) is 4.95. The number of hydrogen-bond acceptors (Lipinski definition) is 3. The van der Waals surface area contributed by atoms with E-state index >= 15 is 0 Å². The molecule has 3 aromatic rings. The number of likely N-dealkylation sites (N-methyl/N-ethyl adjacent to an activating group) is 1. The van der Waals surface area contributed by atoms with Crippen LogP contribution in [0, 0.1) is 13.8 Å². The molecule has 2 amide bonds. The summed E-state index contributed by atoms with van der Waals surface area (Å²) in [5.41, 5.74) is 4.21. The van der Waals surface area contributed by atoms with Gasteiger partial charge in [-0.3, -0.25) is 14.5 Å². The third-order valence-corrected chi connectivity index (χ3v) is 5.86. The molecule has 1 fully saturated rings. The number of thioether (sulfide) groups is 1. The second kappa shape index (κ2) is 6.74. The minimum atomic E-state index is -0.206. The Hall–Kier alpha value is -2.79. The Morgan fingerprint density at radius 3 is 2.52 bits per heavy atom. The highest BCUT2D eigenvalue weighted by Gasteiger charge is 2.33. The first-order chi connectivity index (χ1) is 13.0. The Labute approximate surface area is 162 Å². The number of rotatable bonds is 3. The molecule has 27 heavy (non-hydrogen) atoms. The quantitative estimate of drug-likeness (QED) is 0.582. The van der Waals surface area contributed by atoms with Crippen LogP contribution in [0.25, 0.3) is 22.5 Å². The van der Waals surface area contributed by atoms with Crippen molar-refractivity contribution in [1.82, 2.24) is 9.47 Å². The molecule has 1 aliphatic heterocycles. The number of imide groups is 1. The lowest BCUT2D eigenvalue weighted by Crippen LogP contribution is -2.27. The molecule has 0 aliphatic carbocycles. The molecule has 4 rings (SSSR count). The van der Waals surface area contributed by atoms with Crippen LogP contribution in [0.2, 0.25) is 0 Å². The van der Waals surface area contributed by atoms with Crippen LogP contribution in [0.15, 0.2) is 53.4 Å². The Balaban J connectivity index is 1.83. The van der Waals surface area contributed by atoms with E-state index in [1.54, 1.807) is 0 Å². The van der Waals surface area contributed by atoms with Crippen LogP contribution in [0.5, 0.6) is 0 Å². The van der Waals surface area contributed by atoms with Gasteiger partial charge in [0, 0.05) is 23.3 Å². The maximum atomic E-state index is 12.4. The highest BCUT2D eigenvalue weighted by atomic mass is 32.2. The average molecular weight is 376 g/mol. The van der Waals surface area contributed by atoms with Crippen molar-refractivity contribution in [3.63, 3.8) is 0 Å². The molecule has 136 valence electrons. The molecule has 5 heteroatoms. The minimum Gasteiger partial charge on any atom is -0.317 e. The van der Waals surface area contributed by atoms with Crippen molar-refractivity contribution in [1.29, 1.82) is 0 Å². The van der Waals surface area contributed by atoms with Gasteiger partial charge >= 0.3 is 0 Å². The number of carbonyl (C=O) groups is 2. The summed E-state index contributed by atoms with van der Waals surface area (Å²) in [5.74, 6) is -0.206. The number of nitrogens with zero attached hydrogens (tertiary/aromatic N) is 2. The first-order valence-corrected chi connectivity index (χ1v) is 9.75. The van der Waals surface area contributed by atoms with Gasteiger partial charge in [-0.25, -0.2) is 0 Å². The van der Waals surface area contributed by atoms with Gasteiger partial charge < -0.3 is 4.57 Å². The molecule has 0 radical (unpaired) electrons. The molecular weight excluding hydrogens is 356 g/mol. The van der Waals surface area contributed by atoms with Crippen molar-refractivity contribution >= 4 is 39.8 Å². The van der Waals surface area contributed by atoms with Gasteiger partial charge in [-0.05, 0) is 61.7 Å². The molecule has 0 unspecified atom stereocenters. The Bertz CT molecular complexity index is 1110. The summed E-state index contributed by atoms with van der Waals surface area (Å²) < 4.78 is 2.21. The zero-order valence-electron chi connectivity index (χ0n) is 15.5. The summed E-state index contributed by atoms with van der Waals surface area (Å²) in [6.07, 6.45) is 1.84. The van der Waals surface area contributed by atoms with Gasteiger partial charge in [0.2, 0.25) is 0 Å². The van der Waals surface area contributed by atoms with E-state index in [1.165, 1.54) is 15.7 Å². The van der Waals surface area contributed by atoms with Crippen LogP contribution in [0.3, 0.4) is 0 Å². The molecule has 1 saturated heterocycles. The summed E-state index contributed by atoms with van der Waals surface area (Å²) in [5, 5.41) is 2.17. The van der Waals surface area contributed by atoms with E-state index < -0.39 is 0 Å². The van der Waals surface area contributed by atoms with Crippen LogP contribution in [0.4, 0.5) is 4.79 Å². The summed E-state index contributed by atoms with van der Waals surface area (Å²) in [6, 6.07) is 16.6. The molecule has 4 nitrogen and oxygen atoms in total. The number of aromatic nitrogens is 1. The van der Waals surface area contributed by atoms with E-state index in [-0.39, 0.29) is 11.1 Å². The van der Waals surface area contributed by atoms with Crippen molar-refractivity contribution in [2.24, 2.45) is 0 Å². The zero-order chi connectivity index (χ0) is 19.1. The van der Waals surface area contributed by atoms with Gasteiger partial charge in [-0.1, -0.05) is 36.4 Å². The smallest absolute Gasteiger partial charge is 0.293 e. The van der Waals surface area contributed by atoms with Crippen LogP contribution >= 0.6 is 11.8 Å². The molecule has 1 aromatic heterocycles. The van der Waals surface area contributed by atoms with Crippen molar-refractivity contribution < 1.29 is 9.59 Å². The minimum absolute atomic E-state index is 0.198. The average Bonchev–Trinajstić information content (AvgIpc) is 3.09. The first kappa shape index (κ1) is 17.6. The van der Waals surface area contributed by atoms with Crippen molar-refractivity contribution in [2.75, 3.05) is 6.54 Å². The van der Waals surface area contributed by atoms with Gasteiger partial charge in [0.15, 0.2) is 0 Å². The molecule has 0 saturated carbocycles. The molecular formula is C22H20N2O2S. The lowest BCUT2D eigenvalue weighted by Gasteiger charge is -2.13.